The molecule has 2 heterocycles. The van der Waals surface area contributed by atoms with Gasteiger partial charge in [-0.05, 0) is 25.0 Å². The van der Waals surface area contributed by atoms with E-state index in [1.54, 1.807) is 13.3 Å². The molecule has 0 bridgehead atoms. The number of methoxy groups -OCH3 is 1. The summed E-state index contributed by atoms with van der Waals surface area (Å²) < 4.78 is 5.45. The number of hydrogen-bond donors (Lipinski definition) is 2. The monoisotopic (exact) mass is 350 g/mol. The van der Waals surface area contributed by atoms with Gasteiger partial charge >= 0.3 is 0 Å². The minimum atomic E-state index is -0.192. The Labute approximate surface area is 151 Å². The third-order valence-electron chi connectivity index (χ3n) is 4.95. The molecule has 0 amide bonds. The molecule has 0 radical (unpaired) electrons. The predicted molar refractivity (Wildman–Crippen MR) is 103 cm³/mol. The maximum Gasteiger partial charge on any atom is 0.262 e. The summed E-state index contributed by atoms with van der Waals surface area (Å²) in [4.78, 5) is 24.6. The maximum absolute atomic E-state index is 12.8. The number of H-pyrrole nitrogens is 1. The third-order valence-corrected chi connectivity index (χ3v) is 4.95. The zero-order valence-corrected chi connectivity index (χ0v) is 14.8. The number of rotatable bonds is 4. The van der Waals surface area contributed by atoms with Gasteiger partial charge < -0.3 is 10.1 Å². The molecule has 2 aromatic heterocycles. The van der Waals surface area contributed by atoms with Crippen LogP contribution in [0.15, 0.2) is 41.3 Å². The fourth-order valence-electron chi connectivity index (χ4n) is 3.66. The van der Waals surface area contributed by atoms with Crippen molar-refractivity contribution in [1.29, 1.82) is 0 Å². The van der Waals surface area contributed by atoms with Gasteiger partial charge in [0.25, 0.3) is 5.56 Å². The summed E-state index contributed by atoms with van der Waals surface area (Å²) in [6.45, 7) is 0. The minimum Gasteiger partial charge on any atom is -0.496 e. The molecule has 6 heteroatoms. The summed E-state index contributed by atoms with van der Waals surface area (Å²) in [6, 6.07) is 9.82. The van der Waals surface area contributed by atoms with Crippen LogP contribution >= 0.6 is 0 Å². The highest BCUT2D eigenvalue weighted by Gasteiger charge is 2.17. The molecular weight excluding hydrogens is 328 g/mol. The second-order valence-corrected chi connectivity index (χ2v) is 6.65. The van der Waals surface area contributed by atoms with Crippen molar-refractivity contribution in [2.75, 3.05) is 12.4 Å². The van der Waals surface area contributed by atoms with Crippen molar-refractivity contribution in [2.24, 2.45) is 0 Å². The lowest BCUT2D eigenvalue weighted by molar-refractivity contribution is 0.416. The normalized spacial score (nSPS) is 15.1. The molecule has 1 fully saturated rings. The number of ether oxygens (including phenoxy) is 1. The van der Waals surface area contributed by atoms with Gasteiger partial charge in [0.05, 0.1) is 12.5 Å². The standard InChI is InChI=1S/C20H22N4O2/c1-26-16-10-6-5-9-14(16)15-11-12-21-18-17(15)19(25)24-20(23-18)22-13-7-3-2-4-8-13/h5-6,9-13H,2-4,7-8H2,1H3,(H2,21,22,23,24,25). The smallest absolute Gasteiger partial charge is 0.262 e. The van der Waals surface area contributed by atoms with Crippen molar-refractivity contribution in [3.8, 4) is 16.9 Å². The van der Waals surface area contributed by atoms with Gasteiger partial charge in [0.1, 0.15) is 5.75 Å². The van der Waals surface area contributed by atoms with E-state index >= 15 is 0 Å². The van der Waals surface area contributed by atoms with Crippen LogP contribution in [0.3, 0.4) is 0 Å². The Morgan fingerprint density at radius 1 is 1.12 bits per heavy atom. The van der Waals surface area contributed by atoms with E-state index in [0.717, 1.165) is 24.0 Å². The van der Waals surface area contributed by atoms with Crippen LogP contribution in [-0.2, 0) is 0 Å². The Balaban J connectivity index is 1.78. The lowest BCUT2D eigenvalue weighted by atomic mass is 9.96. The van der Waals surface area contributed by atoms with E-state index in [9.17, 15) is 4.79 Å². The van der Waals surface area contributed by atoms with Gasteiger partial charge in [-0.15, -0.1) is 0 Å². The Kier molecular flexibility index (Phi) is 4.56. The molecule has 3 aromatic rings. The van der Waals surface area contributed by atoms with E-state index < -0.39 is 0 Å². The molecule has 0 atom stereocenters. The van der Waals surface area contributed by atoms with Crippen LogP contribution in [0.25, 0.3) is 22.2 Å². The summed E-state index contributed by atoms with van der Waals surface area (Å²) in [5, 5.41) is 3.84. The molecule has 0 unspecified atom stereocenters. The molecule has 0 spiro atoms. The van der Waals surface area contributed by atoms with Gasteiger partial charge in [0.15, 0.2) is 5.65 Å². The topological polar surface area (TPSA) is 79.9 Å². The predicted octanol–water partition coefficient (Wildman–Crippen LogP) is 3.74. The highest BCUT2D eigenvalue weighted by Crippen LogP contribution is 2.32. The fraction of sp³-hybridized carbons (Fsp3) is 0.350. The van der Waals surface area contributed by atoms with Crippen LogP contribution in [-0.4, -0.2) is 28.1 Å². The highest BCUT2D eigenvalue weighted by molar-refractivity contribution is 5.93. The Bertz CT molecular complexity index is 977. The van der Waals surface area contributed by atoms with Crippen LogP contribution < -0.4 is 15.6 Å². The second kappa shape index (κ2) is 7.15. The first-order valence-corrected chi connectivity index (χ1v) is 9.05. The van der Waals surface area contributed by atoms with Gasteiger partial charge in [-0.2, -0.15) is 4.98 Å². The van der Waals surface area contributed by atoms with Gasteiger partial charge in [0.2, 0.25) is 5.95 Å². The van der Waals surface area contributed by atoms with E-state index in [2.05, 4.69) is 20.3 Å². The van der Waals surface area contributed by atoms with Crippen molar-refractivity contribution in [3.63, 3.8) is 0 Å². The van der Waals surface area contributed by atoms with Gasteiger partial charge in [-0.25, -0.2) is 4.98 Å². The first-order chi connectivity index (χ1) is 12.8. The molecule has 0 aliphatic heterocycles. The summed E-state index contributed by atoms with van der Waals surface area (Å²) in [5.74, 6) is 1.21. The molecule has 134 valence electrons. The molecule has 26 heavy (non-hydrogen) atoms. The summed E-state index contributed by atoms with van der Waals surface area (Å²) in [5.41, 5.74) is 1.87. The molecular formula is C20H22N4O2. The van der Waals surface area contributed by atoms with Crippen LogP contribution in [0, 0.1) is 0 Å². The fourth-order valence-corrected chi connectivity index (χ4v) is 3.66. The first-order valence-electron chi connectivity index (χ1n) is 9.05. The molecule has 0 saturated heterocycles. The lowest BCUT2D eigenvalue weighted by Gasteiger charge is -2.23. The number of benzene rings is 1. The van der Waals surface area contributed by atoms with Crippen LogP contribution in [0.4, 0.5) is 5.95 Å². The quantitative estimate of drug-likeness (QED) is 0.749. The number of nitrogens with zero attached hydrogens (tertiary/aromatic N) is 2. The number of aromatic amines is 1. The lowest BCUT2D eigenvalue weighted by Crippen LogP contribution is -2.25. The zero-order valence-electron chi connectivity index (χ0n) is 14.8. The van der Waals surface area contributed by atoms with Crippen molar-refractivity contribution in [3.05, 3.63) is 46.9 Å². The Morgan fingerprint density at radius 2 is 1.92 bits per heavy atom. The van der Waals surface area contributed by atoms with E-state index in [1.165, 1.54) is 19.3 Å². The second-order valence-electron chi connectivity index (χ2n) is 6.65. The molecule has 6 nitrogen and oxygen atoms in total. The van der Waals surface area contributed by atoms with E-state index in [4.69, 9.17) is 4.74 Å². The number of aromatic nitrogens is 3. The number of hydrogen-bond acceptors (Lipinski definition) is 5. The zero-order chi connectivity index (χ0) is 17.9. The van der Waals surface area contributed by atoms with Crippen molar-refractivity contribution in [2.45, 2.75) is 38.1 Å². The number of fused-ring (bicyclic) bond motifs is 1. The number of para-hydroxylation sites is 1. The average Bonchev–Trinajstić information content (AvgIpc) is 2.68. The minimum absolute atomic E-state index is 0.192. The van der Waals surface area contributed by atoms with Crippen molar-refractivity contribution >= 4 is 17.0 Å². The molecule has 1 saturated carbocycles. The number of pyridine rings is 1. The molecule has 1 aliphatic carbocycles. The summed E-state index contributed by atoms with van der Waals surface area (Å²) >= 11 is 0. The largest absolute Gasteiger partial charge is 0.496 e. The SMILES string of the molecule is COc1ccccc1-c1ccnc2nc(NC3CCCCC3)[nH]c(=O)c12. The summed E-state index contributed by atoms with van der Waals surface area (Å²) in [7, 11) is 1.62. The Hall–Kier alpha value is -2.89. The van der Waals surface area contributed by atoms with E-state index in [0.29, 0.717) is 28.8 Å². The first kappa shape index (κ1) is 16.6. The molecule has 2 N–H and O–H groups in total. The average molecular weight is 350 g/mol. The highest BCUT2D eigenvalue weighted by atomic mass is 16.5. The van der Waals surface area contributed by atoms with Crippen LogP contribution in [0.2, 0.25) is 0 Å². The van der Waals surface area contributed by atoms with Gasteiger partial charge in [-0.1, -0.05) is 37.5 Å². The third kappa shape index (κ3) is 3.14. The Morgan fingerprint density at radius 3 is 2.73 bits per heavy atom. The van der Waals surface area contributed by atoms with E-state index in [-0.39, 0.29) is 5.56 Å². The van der Waals surface area contributed by atoms with Gasteiger partial charge in [-0.3, -0.25) is 9.78 Å². The number of anilines is 1. The maximum atomic E-state index is 12.8. The molecule has 1 aliphatic rings. The number of nitrogens with one attached hydrogen (secondary N) is 2. The molecule has 1 aromatic carbocycles. The van der Waals surface area contributed by atoms with Gasteiger partial charge in [0, 0.05) is 23.4 Å². The molecule has 4 rings (SSSR count). The van der Waals surface area contributed by atoms with Crippen molar-refractivity contribution in [1.82, 2.24) is 15.0 Å². The van der Waals surface area contributed by atoms with Crippen LogP contribution in [0.5, 0.6) is 5.75 Å². The van der Waals surface area contributed by atoms with Crippen molar-refractivity contribution < 1.29 is 4.74 Å². The summed E-state index contributed by atoms with van der Waals surface area (Å²) in [6.07, 6.45) is 7.61. The van der Waals surface area contributed by atoms with E-state index in [1.807, 2.05) is 30.3 Å². The van der Waals surface area contributed by atoms with Crippen LogP contribution in [0.1, 0.15) is 32.1 Å².